The number of nitrogens with zero attached hydrogens (tertiary/aromatic N) is 1. The Balaban J connectivity index is 1.65. The van der Waals surface area contributed by atoms with Gasteiger partial charge in [-0.05, 0) is 69.8 Å². The number of sulfonamides is 1. The molecule has 144 valence electrons. The van der Waals surface area contributed by atoms with Gasteiger partial charge in [-0.3, -0.25) is 4.79 Å². The SMILES string of the molecule is CC1CCCCN1S(=O)(=O)c1cccc(C(=O)NCCC2CCNC2)c1. The molecule has 0 radical (unpaired) electrons. The number of rotatable bonds is 6. The zero-order valence-electron chi connectivity index (χ0n) is 15.4. The van der Waals surface area contributed by atoms with Crippen LogP contribution >= 0.6 is 0 Å². The van der Waals surface area contributed by atoms with Crippen molar-refractivity contribution in [2.24, 2.45) is 5.92 Å². The molecule has 0 aromatic heterocycles. The van der Waals surface area contributed by atoms with E-state index in [4.69, 9.17) is 0 Å². The van der Waals surface area contributed by atoms with Gasteiger partial charge in [-0.15, -0.1) is 0 Å². The summed E-state index contributed by atoms with van der Waals surface area (Å²) in [5.41, 5.74) is 0.403. The molecule has 1 aromatic rings. The average molecular weight is 380 g/mol. The first kappa shape index (κ1) is 19.3. The second-order valence-electron chi connectivity index (χ2n) is 7.39. The molecule has 0 bridgehead atoms. The average Bonchev–Trinajstić information content (AvgIpc) is 3.15. The van der Waals surface area contributed by atoms with Gasteiger partial charge >= 0.3 is 0 Å². The smallest absolute Gasteiger partial charge is 0.251 e. The molecule has 2 aliphatic rings. The summed E-state index contributed by atoms with van der Waals surface area (Å²) >= 11 is 0. The van der Waals surface area contributed by atoms with Gasteiger partial charge in [-0.1, -0.05) is 12.5 Å². The molecule has 2 saturated heterocycles. The van der Waals surface area contributed by atoms with E-state index in [9.17, 15) is 13.2 Å². The van der Waals surface area contributed by atoms with E-state index in [1.165, 1.54) is 6.07 Å². The van der Waals surface area contributed by atoms with Gasteiger partial charge in [0.05, 0.1) is 4.90 Å². The number of carbonyl (C=O) groups is 1. The van der Waals surface area contributed by atoms with E-state index < -0.39 is 10.0 Å². The van der Waals surface area contributed by atoms with Crippen molar-refractivity contribution in [2.75, 3.05) is 26.2 Å². The van der Waals surface area contributed by atoms with Gasteiger partial charge < -0.3 is 10.6 Å². The number of amides is 1. The van der Waals surface area contributed by atoms with Gasteiger partial charge in [-0.2, -0.15) is 4.31 Å². The van der Waals surface area contributed by atoms with E-state index in [0.29, 0.717) is 24.6 Å². The van der Waals surface area contributed by atoms with E-state index in [1.54, 1.807) is 22.5 Å². The Hall–Kier alpha value is -1.44. The van der Waals surface area contributed by atoms with Crippen molar-refractivity contribution in [3.63, 3.8) is 0 Å². The van der Waals surface area contributed by atoms with Crippen molar-refractivity contribution >= 4 is 15.9 Å². The Morgan fingerprint density at radius 2 is 2.15 bits per heavy atom. The second-order valence-corrected chi connectivity index (χ2v) is 9.28. The van der Waals surface area contributed by atoms with Crippen LogP contribution in [0.25, 0.3) is 0 Å². The van der Waals surface area contributed by atoms with Crippen molar-refractivity contribution in [1.82, 2.24) is 14.9 Å². The Morgan fingerprint density at radius 3 is 2.88 bits per heavy atom. The van der Waals surface area contributed by atoms with Crippen LogP contribution in [0.5, 0.6) is 0 Å². The van der Waals surface area contributed by atoms with Crippen LogP contribution in [-0.4, -0.2) is 50.9 Å². The number of piperidine rings is 1. The van der Waals surface area contributed by atoms with E-state index in [0.717, 1.165) is 45.2 Å². The van der Waals surface area contributed by atoms with Crippen molar-refractivity contribution in [3.05, 3.63) is 29.8 Å². The number of nitrogens with one attached hydrogen (secondary N) is 2. The quantitative estimate of drug-likeness (QED) is 0.792. The molecule has 0 saturated carbocycles. The Kier molecular flexibility index (Phi) is 6.32. The predicted octanol–water partition coefficient (Wildman–Crippen LogP) is 1.98. The third kappa shape index (κ3) is 4.45. The molecular weight excluding hydrogens is 350 g/mol. The number of benzene rings is 1. The van der Waals surface area contributed by atoms with Gasteiger partial charge in [0.1, 0.15) is 0 Å². The van der Waals surface area contributed by atoms with Crippen LogP contribution in [0.4, 0.5) is 0 Å². The summed E-state index contributed by atoms with van der Waals surface area (Å²) in [6.07, 6.45) is 4.93. The summed E-state index contributed by atoms with van der Waals surface area (Å²) in [5, 5.41) is 6.23. The van der Waals surface area contributed by atoms with Crippen LogP contribution in [0.15, 0.2) is 29.2 Å². The highest BCUT2D eigenvalue weighted by Crippen LogP contribution is 2.25. The second kappa shape index (κ2) is 8.50. The topological polar surface area (TPSA) is 78.5 Å². The molecular formula is C19H29N3O3S. The molecule has 6 nitrogen and oxygen atoms in total. The molecule has 0 aliphatic carbocycles. The third-order valence-electron chi connectivity index (χ3n) is 5.45. The van der Waals surface area contributed by atoms with Crippen LogP contribution in [0.2, 0.25) is 0 Å². The molecule has 1 amide bonds. The van der Waals surface area contributed by atoms with Crippen LogP contribution < -0.4 is 10.6 Å². The maximum atomic E-state index is 12.9. The number of hydrogen-bond acceptors (Lipinski definition) is 4. The lowest BCUT2D eigenvalue weighted by Gasteiger charge is -2.32. The molecule has 3 rings (SSSR count). The highest BCUT2D eigenvalue weighted by Gasteiger charge is 2.31. The molecule has 2 atom stereocenters. The van der Waals surface area contributed by atoms with Crippen LogP contribution in [-0.2, 0) is 10.0 Å². The zero-order chi connectivity index (χ0) is 18.6. The monoisotopic (exact) mass is 379 g/mol. The fourth-order valence-electron chi connectivity index (χ4n) is 3.81. The minimum absolute atomic E-state index is 0.00579. The van der Waals surface area contributed by atoms with E-state index in [2.05, 4.69) is 10.6 Å². The van der Waals surface area contributed by atoms with Crippen molar-refractivity contribution in [2.45, 2.75) is 50.0 Å². The minimum atomic E-state index is -3.56. The lowest BCUT2D eigenvalue weighted by atomic mass is 10.1. The molecule has 1 aromatic carbocycles. The summed E-state index contributed by atoms with van der Waals surface area (Å²) in [5.74, 6) is 0.405. The first-order valence-corrected chi connectivity index (χ1v) is 11.0. The minimum Gasteiger partial charge on any atom is -0.352 e. The van der Waals surface area contributed by atoms with Gasteiger partial charge in [0, 0.05) is 24.7 Å². The fourth-order valence-corrected chi connectivity index (χ4v) is 5.56. The van der Waals surface area contributed by atoms with E-state index in [1.807, 2.05) is 6.92 Å². The number of hydrogen-bond donors (Lipinski definition) is 2. The van der Waals surface area contributed by atoms with Crippen molar-refractivity contribution in [3.8, 4) is 0 Å². The first-order valence-electron chi connectivity index (χ1n) is 9.59. The standard InChI is InChI=1S/C19H29N3O3S/c1-15-5-2-3-12-22(15)26(24,25)18-7-4-6-17(13-18)19(23)21-11-9-16-8-10-20-14-16/h4,6-7,13,15-16,20H,2-3,5,8-12,14H2,1H3,(H,21,23). The van der Waals surface area contributed by atoms with Crippen LogP contribution in [0.3, 0.4) is 0 Å². The van der Waals surface area contributed by atoms with Gasteiger partial charge in [-0.25, -0.2) is 8.42 Å². The molecule has 26 heavy (non-hydrogen) atoms. The third-order valence-corrected chi connectivity index (χ3v) is 7.45. The van der Waals surface area contributed by atoms with Crippen LogP contribution in [0.1, 0.15) is 49.4 Å². The first-order chi connectivity index (χ1) is 12.5. The van der Waals surface area contributed by atoms with E-state index in [-0.39, 0.29) is 16.8 Å². The Bertz CT molecular complexity index is 729. The highest BCUT2D eigenvalue weighted by molar-refractivity contribution is 7.89. The Labute approximate surface area is 156 Å². The highest BCUT2D eigenvalue weighted by atomic mass is 32.2. The summed E-state index contributed by atoms with van der Waals surface area (Å²) in [4.78, 5) is 12.6. The molecule has 2 N–H and O–H groups in total. The molecule has 2 heterocycles. The maximum Gasteiger partial charge on any atom is 0.251 e. The molecule has 2 unspecified atom stereocenters. The maximum absolute atomic E-state index is 12.9. The summed E-state index contributed by atoms with van der Waals surface area (Å²) in [6.45, 7) is 5.18. The van der Waals surface area contributed by atoms with Crippen molar-refractivity contribution < 1.29 is 13.2 Å². The zero-order valence-corrected chi connectivity index (χ0v) is 16.2. The summed E-state index contributed by atoms with van der Waals surface area (Å²) in [6, 6.07) is 6.41. The van der Waals surface area contributed by atoms with Gasteiger partial charge in [0.2, 0.25) is 10.0 Å². The van der Waals surface area contributed by atoms with Gasteiger partial charge in [0.25, 0.3) is 5.91 Å². The molecule has 2 fully saturated rings. The molecule has 7 heteroatoms. The predicted molar refractivity (Wildman–Crippen MR) is 102 cm³/mol. The summed E-state index contributed by atoms with van der Waals surface area (Å²) < 4.78 is 27.5. The van der Waals surface area contributed by atoms with Crippen molar-refractivity contribution in [1.29, 1.82) is 0 Å². The summed E-state index contributed by atoms with van der Waals surface area (Å²) in [7, 11) is -3.56. The largest absolute Gasteiger partial charge is 0.352 e. The van der Waals surface area contributed by atoms with Crippen LogP contribution in [0, 0.1) is 5.92 Å². The molecule has 0 spiro atoms. The Morgan fingerprint density at radius 1 is 1.31 bits per heavy atom. The fraction of sp³-hybridized carbons (Fsp3) is 0.632. The molecule has 2 aliphatic heterocycles. The van der Waals surface area contributed by atoms with Gasteiger partial charge in [0.15, 0.2) is 0 Å². The number of carbonyl (C=O) groups excluding carboxylic acids is 1. The van der Waals surface area contributed by atoms with E-state index >= 15 is 0 Å². The lowest BCUT2D eigenvalue weighted by Crippen LogP contribution is -2.42. The lowest BCUT2D eigenvalue weighted by molar-refractivity contribution is 0.0951. The normalized spacial score (nSPS) is 24.5.